The third-order valence-electron chi connectivity index (χ3n) is 1.93. The molecule has 12 heavy (non-hydrogen) atoms. The summed E-state index contributed by atoms with van der Waals surface area (Å²) in [6, 6.07) is 2.07. The van der Waals surface area contributed by atoms with Gasteiger partial charge >= 0.3 is 0 Å². The zero-order chi connectivity index (χ0) is 8.55. The molecule has 0 aliphatic carbocycles. The molecule has 0 aliphatic rings. The first-order valence-electron chi connectivity index (χ1n) is 3.98. The molecule has 0 unspecified atom stereocenters. The molecule has 2 rings (SSSR count). The summed E-state index contributed by atoms with van der Waals surface area (Å²) in [6.45, 7) is 4.37. The Morgan fingerprint density at radius 3 is 3.00 bits per heavy atom. The summed E-state index contributed by atoms with van der Waals surface area (Å²) < 4.78 is 4.12. The van der Waals surface area contributed by atoms with Crippen LogP contribution in [-0.4, -0.2) is 9.36 Å². The first-order valence-corrected chi connectivity index (χ1v) is 4.75. The Kier molecular flexibility index (Phi) is 1.81. The summed E-state index contributed by atoms with van der Waals surface area (Å²) >= 11 is 1.46. The van der Waals surface area contributed by atoms with Crippen molar-refractivity contribution in [1.82, 2.24) is 9.36 Å². The van der Waals surface area contributed by atoms with Gasteiger partial charge in [0.1, 0.15) is 4.83 Å². The lowest BCUT2D eigenvalue weighted by Crippen LogP contribution is -1.87. The lowest BCUT2D eigenvalue weighted by atomic mass is 10.0. The Balaban J connectivity index is 2.73. The fourth-order valence-electron chi connectivity index (χ4n) is 1.30. The van der Waals surface area contributed by atoms with Gasteiger partial charge in [0.2, 0.25) is 0 Å². The van der Waals surface area contributed by atoms with Crippen molar-refractivity contribution in [2.45, 2.75) is 19.8 Å². The summed E-state index contributed by atoms with van der Waals surface area (Å²) in [7, 11) is 0. The first kappa shape index (κ1) is 7.68. The van der Waals surface area contributed by atoms with Crippen LogP contribution in [0.1, 0.15) is 25.3 Å². The van der Waals surface area contributed by atoms with Gasteiger partial charge in [-0.05, 0) is 29.1 Å². The van der Waals surface area contributed by atoms with Gasteiger partial charge in [0, 0.05) is 11.6 Å². The fourth-order valence-corrected chi connectivity index (χ4v) is 1.94. The number of hydrogen-bond acceptors (Lipinski definition) is 3. The van der Waals surface area contributed by atoms with Crippen molar-refractivity contribution in [1.29, 1.82) is 0 Å². The van der Waals surface area contributed by atoms with E-state index in [0.717, 1.165) is 4.83 Å². The molecule has 0 N–H and O–H groups in total. The van der Waals surface area contributed by atoms with Crippen LogP contribution in [0.3, 0.4) is 0 Å². The van der Waals surface area contributed by atoms with Gasteiger partial charge in [-0.15, -0.1) is 0 Å². The van der Waals surface area contributed by atoms with Crippen molar-refractivity contribution in [3.05, 3.63) is 24.0 Å². The smallest absolute Gasteiger partial charge is 0.143 e. The van der Waals surface area contributed by atoms with E-state index in [0.29, 0.717) is 5.92 Å². The van der Waals surface area contributed by atoms with Gasteiger partial charge in [-0.3, -0.25) is 0 Å². The molecule has 0 radical (unpaired) electrons. The summed E-state index contributed by atoms with van der Waals surface area (Å²) in [5.74, 6) is 0.548. The van der Waals surface area contributed by atoms with Gasteiger partial charge in [0.05, 0.1) is 6.20 Å². The molecule has 0 aromatic carbocycles. The Bertz CT molecular complexity index is 392. The Hall–Kier alpha value is -0.960. The van der Waals surface area contributed by atoms with Crippen LogP contribution in [0.15, 0.2) is 18.5 Å². The Morgan fingerprint density at radius 2 is 2.25 bits per heavy atom. The van der Waals surface area contributed by atoms with Crippen molar-refractivity contribution < 1.29 is 0 Å². The Morgan fingerprint density at radius 1 is 1.42 bits per heavy atom. The maximum Gasteiger partial charge on any atom is 0.143 e. The molecule has 2 aromatic heterocycles. The minimum Gasteiger partial charge on any atom is -0.244 e. The molecule has 2 aromatic rings. The van der Waals surface area contributed by atoms with Crippen LogP contribution in [0.25, 0.3) is 10.2 Å². The molecular formula is C9H10N2S. The zero-order valence-corrected chi connectivity index (χ0v) is 7.93. The summed E-state index contributed by atoms with van der Waals surface area (Å²) in [4.78, 5) is 5.28. The van der Waals surface area contributed by atoms with E-state index in [1.165, 1.54) is 22.5 Å². The number of pyridine rings is 1. The topological polar surface area (TPSA) is 25.8 Å². The molecule has 0 spiro atoms. The first-order chi connectivity index (χ1) is 5.79. The standard InChI is InChI=1S/C9H10N2S/c1-6(2)7-3-4-10-9-8(7)5-11-12-9/h3-6H,1-2H3. The van der Waals surface area contributed by atoms with Crippen molar-refractivity contribution in [2.24, 2.45) is 0 Å². The lowest BCUT2D eigenvalue weighted by molar-refractivity contribution is 0.874. The summed E-state index contributed by atoms with van der Waals surface area (Å²) in [6.07, 6.45) is 3.76. The third-order valence-corrected chi connectivity index (χ3v) is 2.64. The van der Waals surface area contributed by atoms with Crippen LogP contribution in [0.4, 0.5) is 0 Å². The zero-order valence-electron chi connectivity index (χ0n) is 7.11. The van der Waals surface area contributed by atoms with Crippen LogP contribution < -0.4 is 0 Å². The van der Waals surface area contributed by atoms with E-state index in [9.17, 15) is 0 Å². The quantitative estimate of drug-likeness (QED) is 0.671. The van der Waals surface area contributed by atoms with Gasteiger partial charge in [0.15, 0.2) is 0 Å². The number of nitrogens with zero attached hydrogens (tertiary/aromatic N) is 2. The largest absolute Gasteiger partial charge is 0.244 e. The molecule has 0 amide bonds. The van der Waals surface area contributed by atoms with Crippen molar-refractivity contribution >= 4 is 21.7 Å². The highest BCUT2D eigenvalue weighted by Crippen LogP contribution is 2.25. The van der Waals surface area contributed by atoms with E-state index >= 15 is 0 Å². The second kappa shape index (κ2) is 2.83. The maximum absolute atomic E-state index is 4.24. The van der Waals surface area contributed by atoms with E-state index in [4.69, 9.17) is 0 Å². The van der Waals surface area contributed by atoms with E-state index in [-0.39, 0.29) is 0 Å². The molecule has 2 heterocycles. The minimum atomic E-state index is 0.548. The van der Waals surface area contributed by atoms with Crippen LogP contribution in [0, 0.1) is 0 Å². The van der Waals surface area contributed by atoms with E-state index in [2.05, 4.69) is 29.3 Å². The van der Waals surface area contributed by atoms with E-state index < -0.39 is 0 Å². The molecule has 0 fully saturated rings. The number of rotatable bonds is 1. The van der Waals surface area contributed by atoms with E-state index in [1.807, 2.05) is 12.4 Å². The number of hydrogen-bond donors (Lipinski definition) is 0. The highest BCUT2D eigenvalue weighted by atomic mass is 32.1. The second-order valence-corrected chi connectivity index (χ2v) is 3.88. The van der Waals surface area contributed by atoms with Crippen molar-refractivity contribution in [2.75, 3.05) is 0 Å². The van der Waals surface area contributed by atoms with Crippen molar-refractivity contribution in [3.8, 4) is 0 Å². The van der Waals surface area contributed by atoms with Gasteiger partial charge in [0.25, 0.3) is 0 Å². The Labute approximate surface area is 75.4 Å². The number of aromatic nitrogens is 2. The molecule has 0 saturated carbocycles. The summed E-state index contributed by atoms with van der Waals surface area (Å²) in [5.41, 5.74) is 1.34. The predicted octanol–water partition coefficient (Wildman–Crippen LogP) is 2.81. The molecule has 0 bridgehead atoms. The summed E-state index contributed by atoms with van der Waals surface area (Å²) in [5, 5.41) is 1.21. The highest BCUT2D eigenvalue weighted by Gasteiger charge is 2.06. The van der Waals surface area contributed by atoms with Crippen molar-refractivity contribution in [3.63, 3.8) is 0 Å². The van der Waals surface area contributed by atoms with Gasteiger partial charge in [-0.25, -0.2) is 4.98 Å². The SMILES string of the molecule is CC(C)c1ccnc2sncc12. The van der Waals surface area contributed by atoms with Crippen LogP contribution in [0.2, 0.25) is 0 Å². The van der Waals surface area contributed by atoms with E-state index in [1.54, 1.807) is 0 Å². The molecular weight excluding hydrogens is 168 g/mol. The predicted molar refractivity (Wildman–Crippen MR) is 51.5 cm³/mol. The van der Waals surface area contributed by atoms with Crippen LogP contribution in [-0.2, 0) is 0 Å². The average Bonchev–Trinajstić information content (AvgIpc) is 2.49. The molecule has 3 heteroatoms. The molecule has 62 valence electrons. The average molecular weight is 178 g/mol. The highest BCUT2D eigenvalue weighted by molar-refractivity contribution is 7.12. The molecule has 0 aliphatic heterocycles. The minimum absolute atomic E-state index is 0.548. The van der Waals surface area contributed by atoms with Crippen LogP contribution >= 0.6 is 11.5 Å². The molecule has 0 atom stereocenters. The second-order valence-electron chi connectivity index (χ2n) is 3.10. The van der Waals surface area contributed by atoms with Crippen LogP contribution in [0.5, 0.6) is 0 Å². The lowest BCUT2D eigenvalue weighted by Gasteiger charge is -2.04. The fraction of sp³-hybridized carbons (Fsp3) is 0.333. The normalized spacial score (nSPS) is 11.2. The molecule has 0 saturated heterocycles. The number of fused-ring (bicyclic) bond motifs is 1. The maximum atomic E-state index is 4.24. The third kappa shape index (κ3) is 1.10. The van der Waals surface area contributed by atoms with Gasteiger partial charge < -0.3 is 0 Å². The van der Waals surface area contributed by atoms with Gasteiger partial charge in [-0.2, -0.15) is 4.37 Å². The van der Waals surface area contributed by atoms with Gasteiger partial charge in [-0.1, -0.05) is 13.8 Å². The molecule has 2 nitrogen and oxygen atoms in total. The monoisotopic (exact) mass is 178 g/mol.